The van der Waals surface area contributed by atoms with Crippen molar-refractivity contribution < 1.29 is 13.9 Å². The Hall–Kier alpha value is -1.46. The Morgan fingerprint density at radius 2 is 2.24 bits per heavy atom. The Labute approximate surface area is 125 Å². The Balaban J connectivity index is 1.69. The van der Waals surface area contributed by atoms with Crippen LogP contribution in [0.3, 0.4) is 0 Å². The Morgan fingerprint density at radius 3 is 2.95 bits per heavy atom. The van der Waals surface area contributed by atoms with E-state index in [1.54, 1.807) is 12.1 Å². The molecular formula is C16H23FN2O2. The van der Waals surface area contributed by atoms with Crippen molar-refractivity contribution in [3.8, 4) is 0 Å². The molecule has 5 heteroatoms. The number of piperidine rings is 1. The fraction of sp³-hybridized carbons (Fsp3) is 0.562. The van der Waals surface area contributed by atoms with Crippen LogP contribution in [0, 0.1) is 5.82 Å². The van der Waals surface area contributed by atoms with Crippen molar-refractivity contribution in [1.29, 1.82) is 0 Å². The van der Waals surface area contributed by atoms with E-state index in [1.807, 2.05) is 6.92 Å². The lowest BCUT2D eigenvalue weighted by Crippen LogP contribution is -2.33. The minimum absolute atomic E-state index is 0.0688. The van der Waals surface area contributed by atoms with Crippen LogP contribution in [0.2, 0.25) is 0 Å². The summed E-state index contributed by atoms with van der Waals surface area (Å²) in [5, 5.41) is 6.14. The Kier molecular flexibility index (Phi) is 6.14. The average Bonchev–Trinajstić information content (AvgIpc) is 2.48. The van der Waals surface area contributed by atoms with E-state index >= 15 is 0 Å². The minimum atomic E-state index is -0.289. The average molecular weight is 294 g/mol. The normalized spacial score (nSPS) is 17.4. The maximum Gasteiger partial charge on any atom is 0.222 e. The number of halogens is 1. The minimum Gasteiger partial charge on any atom is -0.378 e. The molecule has 0 aromatic heterocycles. The number of carbonyl (C=O) groups excluding carboxylic acids is 1. The molecule has 0 bridgehead atoms. The molecule has 0 radical (unpaired) electrons. The lowest BCUT2D eigenvalue weighted by molar-refractivity contribution is -0.123. The topological polar surface area (TPSA) is 50.4 Å². The fourth-order valence-corrected chi connectivity index (χ4v) is 2.45. The van der Waals surface area contributed by atoms with Crippen molar-refractivity contribution in [2.75, 3.05) is 19.7 Å². The largest absolute Gasteiger partial charge is 0.378 e. The third kappa shape index (κ3) is 5.44. The van der Waals surface area contributed by atoms with Crippen LogP contribution in [0.5, 0.6) is 0 Å². The van der Waals surface area contributed by atoms with Gasteiger partial charge >= 0.3 is 0 Å². The number of benzene rings is 1. The summed E-state index contributed by atoms with van der Waals surface area (Å²) in [5.41, 5.74) is 0.766. The molecule has 0 saturated carbocycles. The van der Waals surface area contributed by atoms with Crippen LogP contribution < -0.4 is 10.6 Å². The van der Waals surface area contributed by atoms with E-state index in [1.165, 1.54) is 12.1 Å². The Bertz CT molecular complexity index is 461. The molecule has 1 amide bonds. The van der Waals surface area contributed by atoms with Gasteiger partial charge in [-0.3, -0.25) is 4.79 Å². The molecule has 1 heterocycles. The van der Waals surface area contributed by atoms with Crippen molar-refractivity contribution in [3.05, 3.63) is 35.6 Å². The number of hydrogen-bond donors (Lipinski definition) is 2. The maximum atomic E-state index is 13.1. The first-order valence-electron chi connectivity index (χ1n) is 7.52. The van der Waals surface area contributed by atoms with Gasteiger partial charge in [-0.25, -0.2) is 4.39 Å². The zero-order valence-electron chi connectivity index (χ0n) is 12.4. The van der Waals surface area contributed by atoms with Gasteiger partial charge in [0.1, 0.15) is 5.82 Å². The van der Waals surface area contributed by atoms with Gasteiger partial charge in [0.15, 0.2) is 0 Å². The summed E-state index contributed by atoms with van der Waals surface area (Å²) in [4.78, 5) is 11.9. The number of ether oxygens (including phenoxy) is 1. The Morgan fingerprint density at radius 1 is 1.48 bits per heavy atom. The third-order valence-electron chi connectivity index (χ3n) is 3.70. The van der Waals surface area contributed by atoms with Crippen molar-refractivity contribution >= 4 is 5.91 Å². The van der Waals surface area contributed by atoms with Gasteiger partial charge in [-0.15, -0.1) is 0 Å². The highest BCUT2D eigenvalue weighted by Gasteiger charge is 2.14. The van der Waals surface area contributed by atoms with E-state index in [0.717, 1.165) is 31.5 Å². The predicted molar refractivity (Wildman–Crippen MR) is 79.4 cm³/mol. The second-order valence-electron chi connectivity index (χ2n) is 5.41. The maximum absolute atomic E-state index is 13.1. The summed E-state index contributed by atoms with van der Waals surface area (Å²) in [6, 6.07) is 6.08. The van der Waals surface area contributed by atoms with E-state index < -0.39 is 0 Å². The van der Waals surface area contributed by atoms with Gasteiger partial charge in [-0.05, 0) is 50.6 Å². The molecule has 1 aromatic carbocycles. The molecule has 2 rings (SSSR count). The zero-order chi connectivity index (χ0) is 15.1. The first kappa shape index (κ1) is 15.9. The molecule has 2 N–H and O–H groups in total. The van der Waals surface area contributed by atoms with Crippen molar-refractivity contribution in [2.24, 2.45) is 0 Å². The van der Waals surface area contributed by atoms with E-state index in [9.17, 15) is 9.18 Å². The van der Waals surface area contributed by atoms with E-state index in [4.69, 9.17) is 4.74 Å². The summed E-state index contributed by atoms with van der Waals surface area (Å²) >= 11 is 0. The van der Waals surface area contributed by atoms with Gasteiger partial charge in [0.2, 0.25) is 5.91 Å². The molecule has 0 aliphatic carbocycles. The predicted octanol–water partition coefficient (Wildman–Crippen LogP) is 2.16. The number of nitrogens with one attached hydrogen (secondary N) is 2. The second kappa shape index (κ2) is 8.10. The molecule has 116 valence electrons. The molecule has 4 nitrogen and oxygen atoms in total. The summed E-state index contributed by atoms with van der Waals surface area (Å²) in [6.45, 7) is 4.24. The lowest BCUT2D eigenvalue weighted by Gasteiger charge is -2.23. The molecule has 1 atom stereocenters. The summed E-state index contributed by atoms with van der Waals surface area (Å²) < 4.78 is 18.8. The van der Waals surface area contributed by atoms with Gasteiger partial charge in [0.05, 0.1) is 18.8 Å². The standard InChI is InChI=1S/C16H23FN2O2/c1-12(13-3-2-4-14(17)11-13)19-16(20)7-10-21-15-5-8-18-9-6-15/h2-4,11-12,15,18H,5-10H2,1H3,(H,19,20)/t12-/m1/s1. The van der Waals surface area contributed by atoms with Crippen LogP contribution in [0.25, 0.3) is 0 Å². The first-order valence-corrected chi connectivity index (χ1v) is 7.52. The number of hydrogen-bond acceptors (Lipinski definition) is 3. The highest BCUT2D eigenvalue weighted by atomic mass is 19.1. The van der Waals surface area contributed by atoms with Crippen LogP contribution >= 0.6 is 0 Å². The quantitative estimate of drug-likeness (QED) is 0.845. The molecule has 1 fully saturated rings. The number of rotatable bonds is 6. The molecule has 1 aromatic rings. The van der Waals surface area contributed by atoms with Crippen LogP contribution in [0.1, 0.15) is 37.8 Å². The van der Waals surface area contributed by atoms with E-state index in [2.05, 4.69) is 10.6 Å². The molecular weight excluding hydrogens is 271 g/mol. The second-order valence-corrected chi connectivity index (χ2v) is 5.41. The number of amides is 1. The van der Waals surface area contributed by atoms with E-state index in [0.29, 0.717) is 13.0 Å². The van der Waals surface area contributed by atoms with E-state index in [-0.39, 0.29) is 23.9 Å². The molecule has 1 aliphatic heterocycles. The van der Waals surface area contributed by atoms with Crippen LogP contribution in [-0.2, 0) is 9.53 Å². The monoisotopic (exact) mass is 294 g/mol. The van der Waals surface area contributed by atoms with Crippen molar-refractivity contribution in [1.82, 2.24) is 10.6 Å². The smallest absolute Gasteiger partial charge is 0.222 e. The fourth-order valence-electron chi connectivity index (χ4n) is 2.45. The van der Waals surface area contributed by atoms with Gasteiger partial charge < -0.3 is 15.4 Å². The zero-order valence-corrected chi connectivity index (χ0v) is 12.4. The summed E-state index contributed by atoms with van der Waals surface area (Å²) in [7, 11) is 0. The van der Waals surface area contributed by atoms with Gasteiger partial charge in [-0.1, -0.05) is 12.1 Å². The third-order valence-corrected chi connectivity index (χ3v) is 3.70. The molecule has 0 unspecified atom stereocenters. The van der Waals surface area contributed by atoms with Crippen LogP contribution in [0.15, 0.2) is 24.3 Å². The van der Waals surface area contributed by atoms with Gasteiger partial charge in [0, 0.05) is 6.42 Å². The highest BCUT2D eigenvalue weighted by Crippen LogP contribution is 2.13. The SMILES string of the molecule is C[C@@H](NC(=O)CCOC1CCNCC1)c1cccc(F)c1. The number of carbonyl (C=O) groups is 1. The van der Waals surface area contributed by atoms with Gasteiger partial charge in [-0.2, -0.15) is 0 Å². The molecule has 1 aliphatic rings. The highest BCUT2D eigenvalue weighted by molar-refractivity contribution is 5.76. The van der Waals surface area contributed by atoms with Crippen LogP contribution in [0.4, 0.5) is 4.39 Å². The van der Waals surface area contributed by atoms with Crippen molar-refractivity contribution in [3.63, 3.8) is 0 Å². The lowest BCUT2D eigenvalue weighted by atomic mass is 10.1. The summed E-state index contributed by atoms with van der Waals surface area (Å²) in [6.07, 6.45) is 2.60. The summed E-state index contributed by atoms with van der Waals surface area (Å²) in [5.74, 6) is -0.358. The van der Waals surface area contributed by atoms with Crippen LogP contribution in [-0.4, -0.2) is 31.7 Å². The van der Waals surface area contributed by atoms with Crippen molar-refractivity contribution in [2.45, 2.75) is 38.3 Å². The molecule has 0 spiro atoms. The first-order chi connectivity index (χ1) is 10.1. The molecule has 21 heavy (non-hydrogen) atoms. The molecule has 1 saturated heterocycles. The van der Waals surface area contributed by atoms with Gasteiger partial charge in [0.25, 0.3) is 0 Å².